The summed E-state index contributed by atoms with van der Waals surface area (Å²) in [6, 6.07) is 3.54. The van der Waals surface area contributed by atoms with E-state index >= 15 is 0 Å². The summed E-state index contributed by atoms with van der Waals surface area (Å²) in [7, 11) is 3.02. The van der Waals surface area contributed by atoms with Crippen LogP contribution >= 0.6 is 11.6 Å². The molecule has 0 aliphatic heterocycles. The lowest BCUT2D eigenvalue weighted by molar-refractivity contribution is 0.0600. The Labute approximate surface area is 122 Å². The van der Waals surface area contributed by atoms with E-state index in [-0.39, 0.29) is 5.97 Å². The first-order chi connectivity index (χ1) is 9.63. The maximum absolute atomic E-state index is 11.8. The Kier molecular flexibility index (Phi) is 4.62. The van der Waals surface area contributed by atoms with Gasteiger partial charge in [0.25, 0.3) is 0 Å². The molecular weight excluding hydrogens is 280 g/mol. The summed E-state index contributed by atoms with van der Waals surface area (Å²) >= 11 is 5.95. The lowest BCUT2D eigenvalue weighted by Crippen LogP contribution is -2.10. The summed E-state index contributed by atoms with van der Waals surface area (Å²) in [5.74, 6) is 0.728. The van der Waals surface area contributed by atoms with Crippen LogP contribution < -0.4 is 0 Å². The van der Waals surface area contributed by atoms with Gasteiger partial charge in [0.05, 0.1) is 36.2 Å². The monoisotopic (exact) mass is 296 g/mol. The van der Waals surface area contributed by atoms with Gasteiger partial charge in [-0.1, -0.05) is 0 Å². The third-order valence-corrected chi connectivity index (χ3v) is 3.52. The molecule has 1 aromatic carbocycles. The quantitative estimate of drug-likeness (QED) is 0.628. The number of halogens is 1. The molecule has 0 aliphatic carbocycles. The Hall–Kier alpha value is -1.59. The Morgan fingerprint density at radius 1 is 1.40 bits per heavy atom. The largest absolute Gasteiger partial charge is 0.465 e. The zero-order valence-electron chi connectivity index (χ0n) is 11.8. The van der Waals surface area contributed by atoms with Crippen molar-refractivity contribution in [1.29, 1.82) is 0 Å². The molecule has 2 aromatic rings. The first-order valence-electron chi connectivity index (χ1n) is 6.26. The molecule has 0 saturated heterocycles. The first kappa shape index (κ1) is 14.8. The van der Waals surface area contributed by atoms with Gasteiger partial charge >= 0.3 is 5.97 Å². The van der Waals surface area contributed by atoms with Crippen molar-refractivity contribution in [2.75, 3.05) is 20.8 Å². The van der Waals surface area contributed by atoms with Gasteiger partial charge in [0.15, 0.2) is 0 Å². The molecule has 6 heteroatoms. The van der Waals surface area contributed by atoms with E-state index in [0.717, 1.165) is 22.4 Å². The number of esters is 1. The molecule has 0 radical (unpaired) electrons. The molecular formula is C14H17ClN2O3. The molecule has 0 spiro atoms. The summed E-state index contributed by atoms with van der Waals surface area (Å²) in [6.07, 6.45) is 0. The van der Waals surface area contributed by atoms with E-state index < -0.39 is 0 Å². The van der Waals surface area contributed by atoms with E-state index in [0.29, 0.717) is 24.6 Å². The summed E-state index contributed by atoms with van der Waals surface area (Å²) in [5.41, 5.74) is 3.11. The van der Waals surface area contributed by atoms with Crippen molar-refractivity contribution in [1.82, 2.24) is 9.55 Å². The summed E-state index contributed by atoms with van der Waals surface area (Å²) in [6.45, 7) is 3.08. The number of carbonyl (C=O) groups excluding carboxylic acids is 1. The summed E-state index contributed by atoms with van der Waals surface area (Å²) in [5, 5.41) is 0. The Morgan fingerprint density at radius 3 is 2.75 bits per heavy atom. The molecule has 1 heterocycles. The zero-order chi connectivity index (χ0) is 14.7. The SMILES string of the molecule is COCCn1c(CCl)nc2ccc(C(=O)OC)c(C)c21. The number of carbonyl (C=O) groups is 1. The van der Waals surface area contributed by atoms with Crippen LogP contribution in [-0.2, 0) is 21.9 Å². The minimum atomic E-state index is -0.351. The number of fused-ring (bicyclic) bond motifs is 1. The van der Waals surface area contributed by atoms with E-state index in [9.17, 15) is 4.79 Å². The molecule has 2 rings (SSSR count). The van der Waals surface area contributed by atoms with Gasteiger partial charge in [0.2, 0.25) is 0 Å². The number of alkyl halides is 1. The lowest BCUT2D eigenvalue weighted by atomic mass is 10.1. The first-order valence-corrected chi connectivity index (χ1v) is 6.79. The molecule has 1 aromatic heterocycles. The van der Waals surface area contributed by atoms with Gasteiger partial charge < -0.3 is 14.0 Å². The van der Waals surface area contributed by atoms with Gasteiger partial charge in [-0.3, -0.25) is 0 Å². The number of aryl methyl sites for hydroxylation is 1. The van der Waals surface area contributed by atoms with Gasteiger partial charge in [-0.15, -0.1) is 11.6 Å². The molecule has 0 atom stereocenters. The van der Waals surface area contributed by atoms with Crippen LogP contribution in [0.3, 0.4) is 0 Å². The van der Waals surface area contributed by atoms with Crippen LogP contribution in [0.25, 0.3) is 11.0 Å². The number of hydrogen-bond donors (Lipinski definition) is 0. The molecule has 0 bridgehead atoms. The van der Waals surface area contributed by atoms with E-state index in [4.69, 9.17) is 21.1 Å². The second-order valence-electron chi connectivity index (χ2n) is 4.40. The maximum atomic E-state index is 11.8. The van der Waals surface area contributed by atoms with Gasteiger partial charge in [-0.2, -0.15) is 0 Å². The zero-order valence-corrected chi connectivity index (χ0v) is 12.5. The van der Waals surface area contributed by atoms with Crippen LogP contribution in [0.4, 0.5) is 0 Å². The Balaban J connectivity index is 2.64. The fourth-order valence-electron chi connectivity index (χ4n) is 2.30. The smallest absolute Gasteiger partial charge is 0.338 e. The Morgan fingerprint density at radius 2 is 2.15 bits per heavy atom. The highest BCUT2D eigenvalue weighted by Gasteiger charge is 2.17. The van der Waals surface area contributed by atoms with Crippen LogP contribution in [0.15, 0.2) is 12.1 Å². The van der Waals surface area contributed by atoms with Crippen molar-refractivity contribution in [3.05, 3.63) is 29.1 Å². The number of methoxy groups -OCH3 is 2. The lowest BCUT2D eigenvalue weighted by Gasteiger charge is -2.10. The minimum Gasteiger partial charge on any atom is -0.465 e. The maximum Gasteiger partial charge on any atom is 0.338 e. The number of rotatable bonds is 5. The highest BCUT2D eigenvalue weighted by molar-refractivity contribution is 6.17. The second kappa shape index (κ2) is 6.24. The molecule has 0 aliphatic rings. The molecule has 0 amide bonds. The van der Waals surface area contributed by atoms with Crippen LogP contribution in [0.2, 0.25) is 0 Å². The van der Waals surface area contributed by atoms with E-state index in [1.54, 1.807) is 13.2 Å². The standard InChI is InChI=1S/C14H17ClN2O3/c1-9-10(14(18)20-3)4-5-11-13(9)17(6-7-19-2)12(8-15)16-11/h4-5H,6-8H2,1-3H3. The number of imidazole rings is 1. The number of aromatic nitrogens is 2. The number of hydrogen-bond acceptors (Lipinski definition) is 4. The molecule has 0 saturated carbocycles. The molecule has 0 N–H and O–H groups in total. The molecule has 0 unspecified atom stereocenters. The molecule has 20 heavy (non-hydrogen) atoms. The average Bonchev–Trinajstić information content (AvgIpc) is 2.83. The predicted molar refractivity (Wildman–Crippen MR) is 77.2 cm³/mol. The molecule has 5 nitrogen and oxygen atoms in total. The molecule has 108 valence electrons. The third-order valence-electron chi connectivity index (χ3n) is 3.28. The topological polar surface area (TPSA) is 53.4 Å². The van der Waals surface area contributed by atoms with Crippen molar-refractivity contribution in [3.63, 3.8) is 0 Å². The van der Waals surface area contributed by atoms with E-state index in [2.05, 4.69) is 4.98 Å². The predicted octanol–water partition coefficient (Wildman–Crippen LogP) is 2.52. The van der Waals surface area contributed by atoms with Crippen LogP contribution in [0, 0.1) is 6.92 Å². The van der Waals surface area contributed by atoms with Gasteiger partial charge in [-0.05, 0) is 24.6 Å². The molecule has 0 fully saturated rings. The van der Waals surface area contributed by atoms with Crippen LogP contribution in [0.1, 0.15) is 21.7 Å². The van der Waals surface area contributed by atoms with Crippen molar-refractivity contribution in [3.8, 4) is 0 Å². The fourth-order valence-corrected chi connectivity index (χ4v) is 2.51. The van der Waals surface area contributed by atoms with Crippen molar-refractivity contribution >= 4 is 28.6 Å². The minimum absolute atomic E-state index is 0.311. The van der Waals surface area contributed by atoms with Gasteiger partial charge in [-0.25, -0.2) is 9.78 Å². The van der Waals surface area contributed by atoms with Crippen LogP contribution in [0.5, 0.6) is 0 Å². The number of benzene rings is 1. The number of nitrogens with zero attached hydrogens (tertiary/aromatic N) is 2. The Bertz CT molecular complexity index is 637. The van der Waals surface area contributed by atoms with Crippen LogP contribution in [-0.4, -0.2) is 36.3 Å². The van der Waals surface area contributed by atoms with Crippen molar-refractivity contribution < 1.29 is 14.3 Å². The fraction of sp³-hybridized carbons (Fsp3) is 0.429. The summed E-state index contributed by atoms with van der Waals surface area (Å²) < 4.78 is 11.9. The highest BCUT2D eigenvalue weighted by Crippen LogP contribution is 2.24. The number of ether oxygens (including phenoxy) is 2. The van der Waals surface area contributed by atoms with E-state index in [1.165, 1.54) is 7.11 Å². The highest BCUT2D eigenvalue weighted by atomic mass is 35.5. The van der Waals surface area contributed by atoms with E-state index in [1.807, 2.05) is 17.6 Å². The third kappa shape index (κ3) is 2.51. The second-order valence-corrected chi connectivity index (χ2v) is 4.67. The average molecular weight is 297 g/mol. The van der Waals surface area contributed by atoms with Gasteiger partial charge in [0, 0.05) is 13.7 Å². The van der Waals surface area contributed by atoms with Crippen molar-refractivity contribution in [2.45, 2.75) is 19.3 Å². The summed E-state index contributed by atoms with van der Waals surface area (Å²) in [4.78, 5) is 16.3. The van der Waals surface area contributed by atoms with Crippen molar-refractivity contribution in [2.24, 2.45) is 0 Å². The normalized spacial score (nSPS) is 11.0. The van der Waals surface area contributed by atoms with Gasteiger partial charge in [0.1, 0.15) is 5.82 Å².